The van der Waals surface area contributed by atoms with Gasteiger partial charge in [-0.25, -0.2) is 0 Å². The Morgan fingerprint density at radius 3 is 2.42 bits per heavy atom. The lowest BCUT2D eigenvalue weighted by atomic mass is 9.99. The Bertz CT molecular complexity index is 877. The fourth-order valence-corrected chi connectivity index (χ4v) is 2.71. The maximum atomic E-state index is 11.9. The summed E-state index contributed by atoms with van der Waals surface area (Å²) < 4.78 is 0. The van der Waals surface area contributed by atoms with Gasteiger partial charge in [-0.1, -0.05) is 36.9 Å². The molecule has 3 aromatic rings. The Morgan fingerprint density at radius 2 is 1.63 bits per heavy atom. The monoisotopic (exact) mass is 245 g/mol. The summed E-state index contributed by atoms with van der Waals surface area (Å²) in [4.78, 5) is 11.9. The number of carbonyl (C=O) groups is 1. The molecule has 0 bridgehead atoms. The number of anilines is 1. The molecule has 0 unspecified atom stereocenters. The van der Waals surface area contributed by atoms with Crippen molar-refractivity contribution in [3.05, 3.63) is 66.4 Å². The van der Waals surface area contributed by atoms with Gasteiger partial charge in [0.25, 0.3) is 0 Å². The molecule has 0 atom stereocenters. The van der Waals surface area contributed by atoms with Gasteiger partial charge >= 0.3 is 0 Å². The summed E-state index contributed by atoms with van der Waals surface area (Å²) in [6, 6.07) is 16.4. The summed E-state index contributed by atoms with van der Waals surface area (Å²) in [6.07, 6.45) is 0. The number of nitrogens with one attached hydrogen (secondary N) is 1. The largest absolute Gasteiger partial charge is 0.352 e. The van der Waals surface area contributed by atoms with Crippen LogP contribution in [0.25, 0.3) is 21.5 Å². The van der Waals surface area contributed by atoms with Gasteiger partial charge in [-0.3, -0.25) is 4.79 Å². The van der Waals surface area contributed by atoms with E-state index in [1.54, 1.807) is 0 Å². The quantitative estimate of drug-likeness (QED) is 0.477. The van der Waals surface area contributed by atoms with Crippen LogP contribution < -0.4 is 5.32 Å². The van der Waals surface area contributed by atoms with Crippen LogP contribution in [0.1, 0.15) is 10.4 Å². The lowest BCUT2D eigenvalue weighted by molar-refractivity contribution is 0.104. The first-order valence-electron chi connectivity index (χ1n) is 6.20. The average molecular weight is 245 g/mol. The van der Waals surface area contributed by atoms with Crippen LogP contribution in [0.15, 0.2) is 60.8 Å². The number of benzene rings is 3. The lowest BCUT2D eigenvalue weighted by Crippen LogP contribution is -1.96. The zero-order valence-electron chi connectivity index (χ0n) is 10.2. The third-order valence-electron chi connectivity index (χ3n) is 3.68. The second-order valence-electron chi connectivity index (χ2n) is 4.84. The minimum atomic E-state index is -0.00920. The van der Waals surface area contributed by atoms with E-state index in [9.17, 15) is 4.79 Å². The molecule has 1 heterocycles. The molecule has 90 valence electrons. The highest BCUT2D eigenvalue weighted by Crippen LogP contribution is 2.36. The van der Waals surface area contributed by atoms with Crippen LogP contribution in [0.5, 0.6) is 0 Å². The number of hydrogen-bond donors (Lipinski definition) is 1. The van der Waals surface area contributed by atoms with Gasteiger partial charge in [0.1, 0.15) is 0 Å². The van der Waals surface area contributed by atoms with E-state index in [1.807, 2.05) is 24.3 Å². The highest BCUT2D eigenvalue weighted by molar-refractivity contribution is 6.23. The number of fused-ring (bicyclic) bond motifs is 4. The molecule has 0 saturated heterocycles. The van der Waals surface area contributed by atoms with Crippen molar-refractivity contribution in [2.75, 3.05) is 5.32 Å². The molecule has 0 amide bonds. The molecule has 1 aliphatic heterocycles. The normalized spacial score (nSPS) is 13.9. The van der Waals surface area contributed by atoms with Crippen molar-refractivity contribution in [1.29, 1.82) is 0 Å². The van der Waals surface area contributed by atoms with Crippen molar-refractivity contribution in [3.8, 4) is 0 Å². The second kappa shape index (κ2) is 3.45. The first-order valence-corrected chi connectivity index (χ1v) is 6.20. The van der Waals surface area contributed by atoms with Gasteiger partial charge in [0.15, 0.2) is 0 Å². The second-order valence-corrected chi connectivity index (χ2v) is 4.84. The number of allylic oxidation sites excluding steroid dienone is 1. The number of ketones is 1. The predicted octanol–water partition coefficient (Wildman–Crippen LogP) is 4.11. The van der Waals surface area contributed by atoms with E-state index in [1.165, 1.54) is 10.8 Å². The molecule has 0 spiro atoms. The molecule has 1 aliphatic rings. The summed E-state index contributed by atoms with van der Waals surface area (Å²) in [5.41, 5.74) is 2.06. The number of rotatable bonds is 0. The van der Waals surface area contributed by atoms with Gasteiger partial charge in [-0.05, 0) is 34.4 Å². The maximum Gasteiger partial charge on any atom is 0.210 e. The van der Waals surface area contributed by atoms with Crippen molar-refractivity contribution in [1.82, 2.24) is 0 Å². The van der Waals surface area contributed by atoms with Gasteiger partial charge in [0, 0.05) is 10.9 Å². The molecule has 0 aromatic heterocycles. The highest BCUT2D eigenvalue weighted by Gasteiger charge is 2.24. The van der Waals surface area contributed by atoms with Gasteiger partial charge in [0.2, 0.25) is 5.78 Å². The van der Waals surface area contributed by atoms with E-state index >= 15 is 0 Å². The zero-order valence-corrected chi connectivity index (χ0v) is 10.2. The van der Waals surface area contributed by atoms with Crippen molar-refractivity contribution in [2.45, 2.75) is 0 Å². The first-order chi connectivity index (χ1) is 9.24. The summed E-state index contributed by atoms with van der Waals surface area (Å²) in [5.74, 6) is -0.00920. The van der Waals surface area contributed by atoms with Crippen molar-refractivity contribution < 1.29 is 4.79 Å². The van der Waals surface area contributed by atoms with Crippen LogP contribution in [-0.2, 0) is 0 Å². The molecule has 2 nitrogen and oxygen atoms in total. The van der Waals surface area contributed by atoms with Gasteiger partial charge in [-0.2, -0.15) is 0 Å². The fourth-order valence-electron chi connectivity index (χ4n) is 2.71. The van der Waals surface area contributed by atoms with Crippen molar-refractivity contribution in [3.63, 3.8) is 0 Å². The molecule has 19 heavy (non-hydrogen) atoms. The van der Waals surface area contributed by atoms with Crippen LogP contribution >= 0.6 is 0 Å². The Kier molecular flexibility index (Phi) is 1.88. The number of carbonyl (C=O) groups excluding carboxylic acids is 1. The molecule has 4 rings (SSSR count). The molecule has 3 aromatic carbocycles. The van der Waals surface area contributed by atoms with Crippen LogP contribution in [0, 0.1) is 0 Å². The van der Waals surface area contributed by atoms with Crippen LogP contribution in [0.3, 0.4) is 0 Å². The third kappa shape index (κ3) is 1.34. The van der Waals surface area contributed by atoms with E-state index in [2.05, 4.69) is 36.2 Å². The average Bonchev–Trinajstić information content (AvgIpc) is 2.73. The third-order valence-corrected chi connectivity index (χ3v) is 3.68. The summed E-state index contributed by atoms with van der Waals surface area (Å²) in [6.45, 7) is 3.76. The van der Waals surface area contributed by atoms with E-state index in [4.69, 9.17) is 0 Å². The smallest absolute Gasteiger partial charge is 0.210 e. The van der Waals surface area contributed by atoms with Gasteiger partial charge in [0.05, 0.1) is 11.4 Å². The summed E-state index contributed by atoms with van der Waals surface area (Å²) in [5, 5.41) is 7.70. The Hall–Kier alpha value is -2.61. The standard InChI is InChI=1S/C17H11NO/c1-10-17(19)14-7-6-13-8-11-4-2-3-5-12(11)9-15(13)16(14)18-10/h2-9,18H,1H2. The first kappa shape index (κ1) is 10.3. The maximum absolute atomic E-state index is 11.9. The molecule has 0 aliphatic carbocycles. The molecule has 0 saturated carbocycles. The molecule has 2 heteroatoms. The van der Waals surface area contributed by atoms with Gasteiger partial charge in [-0.15, -0.1) is 0 Å². The number of Topliss-reactive ketones (excluding diaryl/α,β-unsaturated/α-hetero) is 1. The summed E-state index contributed by atoms with van der Waals surface area (Å²) in [7, 11) is 0. The Morgan fingerprint density at radius 1 is 0.895 bits per heavy atom. The number of hydrogen-bond acceptors (Lipinski definition) is 2. The van der Waals surface area contributed by atoms with E-state index < -0.39 is 0 Å². The topological polar surface area (TPSA) is 29.1 Å². The molecule has 0 fully saturated rings. The van der Waals surface area contributed by atoms with E-state index in [0.29, 0.717) is 11.3 Å². The lowest BCUT2D eigenvalue weighted by Gasteiger charge is -2.07. The molecular formula is C17H11NO. The predicted molar refractivity (Wildman–Crippen MR) is 78.5 cm³/mol. The van der Waals surface area contributed by atoms with Crippen LogP contribution in [-0.4, -0.2) is 5.78 Å². The summed E-state index contributed by atoms with van der Waals surface area (Å²) >= 11 is 0. The van der Waals surface area contributed by atoms with E-state index in [-0.39, 0.29) is 5.78 Å². The zero-order chi connectivity index (χ0) is 13.0. The fraction of sp³-hybridized carbons (Fsp3) is 0. The van der Waals surface area contributed by atoms with E-state index in [0.717, 1.165) is 16.5 Å². The van der Waals surface area contributed by atoms with Gasteiger partial charge < -0.3 is 5.32 Å². The Balaban J connectivity index is 2.15. The minimum Gasteiger partial charge on any atom is -0.352 e. The SMILES string of the molecule is C=C1Nc2c(ccc3cc4ccccc4cc23)C1=O. The van der Waals surface area contributed by atoms with Crippen molar-refractivity contribution in [2.24, 2.45) is 0 Å². The minimum absolute atomic E-state index is 0.00920. The Labute approximate surface area is 110 Å². The van der Waals surface area contributed by atoms with Crippen LogP contribution in [0.2, 0.25) is 0 Å². The highest BCUT2D eigenvalue weighted by atomic mass is 16.1. The van der Waals surface area contributed by atoms with Crippen LogP contribution in [0.4, 0.5) is 5.69 Å². The molecular weight excluding hydrogens is 234 g/mol. The van der Waals surface area contributed by atoms with Crippen molar-refractivity contribution >= 4 is 33.0 Å². The molecule has 0 radical (unpaired) electrons. The molecule has 1 N–H and O–H groups in total.